The zero-order valence-electron chi connectivity index (χ0n) is 10.9. The molecular weight excluding hydrogens is 246 g/mol. The molecule has 0 radical (unpaired) electrons. The Kier molecular flexibility index (Phi) is 2.36. The van der Waals surface area contributed by atoms with Crippen molar-refractivity contribution in [2.45, 2.75) is 6.42 Å². The number of phenols is 1. The number of hydrogen-bond donors (Lipinski definition) is 1. The van der Waals surface area contributed by atoms with Crippen LogP contribution in [0.4, 0.5) is 0 Å². The first-order valence-electron chi connectivity index (χ1n) is 6.69. The first kappa shape index (κ1) is 11.2. The lowest BCUT2D eigenvalue weighted by molar-refractivity contribution is 0.474. The SMILES string of the molecule is Oc1ccc2c(c1)=C1C(=CCc3ccccc31)N=CC=2. The standard InChI is InChI=1S/C18H13NO/c20-14-7-5-13-9-10-19-17-8-6-12-3-1-2-4-15(12)18(17)16(13)11-14/h1-5,7-11,20H,6H2. The van der Waals surface area contributed by atoms with E-state index in [0.717, 1.165) is 28.1 Å². The molecule has 2 nitrogen and oxygen atoms in total. The molecule has 2 aliphatic rings. The quantitative estimate of drug-likeness (QED) is 0.770. The minimum Gasteiger partial charge on any atom is -0.508 e. The third-order valence-electron chi connectivity index (χ3n) is 3.83. The van der Waals surface area contributed by atoms with Crippen molar-refractivity contribution in [2.24, 2.45) is 4.99 Å². The van der Waals surface area contributed by atoms with Gasteiger partial charge in [0.2, 0.25) is 0 Å². The van der Waals surface area contributed by atoms with E-state index in [9.17, 15) is 5.11 Å². The first-order chi connectivity index (χ1) is 9.83. The maximum atomic E-state index is 9.83. The number of benzene rings is 2. The van der Waals surface area contributed by atoms with Crippen LogP contribution in [0.2, 0.25) is 0 Å². The van der Waals surface area contributed by atoms with Crippen molar-refractivity contribution in [1.29, 1.82) is 0 Å². The molecule has 1 aliphatic carbocycles. The number of allylic oxidation sites excluding steroid dienone is 2. The molecule has 0 atom stereocenters. The Balaban J connectivity index is 2.21. The van der Waals surface area contributed by atoms with Crippen molar-refractivity contribution in [3.05, 3.63) is 75.8 Å². The van der Waals surface area contributed by atoms with Crippen LogP contribution in [0.3, 0.4) is 0 Å². The highest BCUT2D eigenvalue weighted by atomic mass is 16.3. The zero-order valence-corrected chi connectivity index (χ0v) is 10.9. The van der Waals surface area contributed by atoms with Crippen LogP contribution in [0.25, 0.3) is 11.6 Å². The molecule has 96 valence electrons. The van der Waals surface area contributed by atoms with Crippen molar-refractivity contribution >= 4 is 17.9 Å². The van der Waals surface area contributed by atoms with Crippen molar-refractivity contribution in [2.75, 3.05) is 0 Å². The minimum absolute atomic E-state index is 0.286. The van der Waals surface area contributed by atoms with E-state index in [2.05, 4.69) is 35.3 Å². The predicted molar refractivity (Wildman–Crippen MR) is 81.1 cm³/mol. The molecule has 0 saturated carbocycles. The van der Waals surface area contributed by atoms with Crippen LogP contribution in [0.15, 0.2) is 59.2 Å². The molecule has 0 unspecified atom stereocenters. The van der Waals surface area contributed by atoms with E-state index in [1.807, 2.05) is 24.4 Å². The Morgan fingerprint density at radius 2 is 1.95 bits per heavy atom. The lowest BCUT2D eigenvalue weighted by atomic mass is 9.88. The maximum absolute atomic E-state index is 9.83. The summed E-state index contributed by atoms with van der Waals surface area (Å²) < 4.78 is 0. The fourth-order valence-corrected chi connectivity index (χ4v) is 2.89. The topological polar surface area (TPSA) is 32.6 Å². The summed E-state index contributed by atoms with van der Waals surface area (Å²) in [6.45, 7) is 0. The van der Waals surface area contributed by atoms with Crippen molar-refractivity contribution in [1.82, 2.24) is 0 Å². The Bertz CT molecular complexity index is 888. The fraction of sp³-hybridized carbons (Fsp3) is 0.0556. The second-order valence-corrected chi connectivity index (χ2v) is 5.04. The molecule has 1 N–H and O–H groups in total. The van der Waals surface area contributed by atoms with Gasteiger partial charge in [0.1, 0.15) is 5.75 Å². The number of aromatic hydroxyl groups is 1. The smallest absolute Gasteiger partial charge is 0.116 e. The predicted octanol–water partition coefficient (Wildman–Crippen LogP) is 1.90. The van der Waals surface area contributed by atoms with Gasteiger partial charge in [-0.2, -0.15) is 0 Å². The van der Waals surface area contributed by atoms with E-state index >= 15 is 0 Å². The van der Waals surface area contributed by atoms with Gasteiger partial charge in [0, 0.05) is 11.8 Å². The van der Waals surface area contributed by atoms with Gasteiger partial charge < -0.3 is 5.11 Å². The van der Waals surface area contributed by atoms with Gasteiger partial charge in [-0.05, 0) is 46.2 Å². The van der Waals surface area contributed by atoms with Crippen molar-refractivity contribution < 1.29 is 5.11 Å². The summed E-state index contributed by atoms with van der Waals surface area (Å²) in [7, 11) is 0. The first-order valence-corrected chi connectivity index (χ1v) is 6.69. The molecule has 2 heteroatoms. The second kappa shape index (κ2) is 4.20. The van der Waals surface area contributed by atoms with Gasteiger partial charge >= 0.3 is 0 Å². The van der Waals surface area contributed by atoms with Crippen molar-refractivity contribution in [3.63, 3.8) is 0 Å². The highest BCUT2D eigenvalue weighted by molar-refractivity contribution is 5.96. The third-order valence-corrected chi connectivity index (χ3v) is 3.83. The molecule has 0 bridgehead atoms. The third kappa shape index (κ3) is 1.62. The summed E-state index contributed by atoms with van der Waals surface area (Å²) in [6, 6.07) is 13.9. The Morgan fingerprint density at radius 1 is 1.05 bits per heavy atom. The van der Waals surface area contributed by atoms with Gasteiger partial charge in [-0.15, -0.1) is 0 Å². The van der Waals surface area contributed by atoms with Crippen LogP contribution in [0.5, 0.6) is 5.75 Å². The Labute approximate surface area is 116 Å². The summed E-state index contributed by atoms with van der Waals surface area (Å²) in [5, 5.41) is 12.0. The summed E-state index contributed by atoms with van der Waals surface area (Å²) in [4.78, 5) is 4.55. The molecule has 0 spiro atoms. The summed E-state index contributed by atoms with van der Waals surface area (Å²) in [5.41, 5.74) is 4.62. The van der Waals surface area contributed by atoms with Crippen molar-refractivity contribution in [3.8, 4) is 5.75 Å². The van der Waals surface area contributed by atoms with E-state index in [1.54, 1.807) is 6.07 Å². The molecule has 0 amide bonds. The monoisotopic (exact) mass is 259 g/mol. The average molecular weight is 259 g/mol. The van der Waals surface area contributed by atoms with Gasteiger partial charge in [-0.1, -0.05) is 36.4 Å². The van der Waals surface area contributed by atoms with Crippen LogP contribution >= 0.6 is 0 Å². The van der Waals surface area contributed by atoms with E-state index in [1.165, 1.54) is 11.1 Å². The van der Waals surface area contributed by atoms with Gasteiger partial charge in [0.25, 0.3) is 0 Å². The zero-order chi connectivity index (χ0) is 13.5. The number of phenolic OH excluding ortho intramolecular Hbond substituents is 1. The largest absolute Gasteiger partial charge is 0.508 e. The molecule has 20 heavy (non-hydrogen) atoms. The Hall–Kier alpha value is -2.61. The summed E-state index contributed by atoms with van der Waals surface area (Å²) in [6.07, 6.45) is 6.88. The van der Waals surface area contributed by atoms with Crippen LogP contribution in [0, 0.1) is 0 Å². The normalized spacial score (nSPS) is 15.4. The van der Waals surface area contributed by atoms with Gasteiger partial charge in [-0.3, -0.25) is 4.99 Å². The van der Waals surface area contributed by atoms with E-state index in [-0.39, 0.29) is 5.75 Å². The van der Waals surface area contributed by atoms with Crippen LogP contribution in [-0.4, -0.2) is 11.3 Å². The average Bonchev–Trinajstić information content (AvgIpc) is 2.66. The molecule has 0 aromatic heterocycles. The van der Waals surface area contributed by atoms with E-state index in [0.29, 0.717) is 0 Å². The number of rotatable bonds is 0. The number of nitrogens with zero attached hydrogens (tertiary/aromatic N) is 1. The van der Waals surface area contributed by atoms with Crippen LogP contribution < -0.4 is 10.4 Å². The second-order valence-electron chi connectivity index (χ2n) is 5.04. The summed E-state index contributed by atoms with van der Waals surface area (Å²) >= 11 is 0. The molecule has 2 aromatic carbocycles. The number of fused-ring (bicyclic) bond motifs is 4. The molecule has 0 fully saturated rings. The van der Waals surface area contributed by atoms with Gasteiger partial charge in [0.15, 0.2) is 0 Å². The highest BCUT2D eigenvalue weighted by Crippen LogP contribution is 2.30. The van der Waals surface area contributed by atoms with Gasteiger partial charge in [-0.25, -0.2) is 0 Å². The lowest BCUT2D eigenvalue weighted by Gasteiger charge is -2.18. The molecular formula is C18H13NO. The van der Waals surface area contributed by atoms with Crippen LogP contribution in [0.1, 0.15) is 11.1 Å². The molecule has 1 heterocycles. The highest BCUT2D eigenvalue weighted by Gasteiger charge is 2.17. The number of hydrogen-bond acceptors (Lipinski definition) is 2. The lowest BCUT2D eigenvalue weighted by Crippen LogP contribution is -2.27. The summed E-state index contributed by atoms with van der Waals surface area (Å²) in [5.74, 6) is 0.286. The van der Waals surface area contributed by atoms with E-state index < -0.39 is 0 Å². The molecule has 0 saturated heterocycles. The maximum Gasteiger partial charge on any atom is 0.116 e. The molecule has 1 aliphatic heterocycles. The molecule has 4 rings (SSSR count). The minimum atomic E-state index is 0.286. The fourth-order valence-electron chi connectivity index (χ4n) is 2.89. The van der Waals surface area contributed by atoms with Gasteiger partial charge in [0.05, 0.1) is 5.70 Å². The van der Waals surface area contributed by atoms with Crippen LogP contribution in [-0.2, 0) is 6.42 Å². The Morgan fingerprint density at radius 3 is 2.90 bits per heavy atom. The number of aliphatic imine (C=N–C) groups is 1. The molecule has 2 aromatic rings. The van der Waals surface area contributed by atoms with E-state index in [4.69, 9.17) is 0 Å².